The molecule has 0 spiro atoms. The van der Waals surface area contributed by atoms with Crippen molar-refractivity contribution in [3.8, 4) is 0 Å². The molecule has 0 radical (unpaired) electrons. The van der Waals surface area contributed by atoms with Crippen molar-refractivity contribution < 1.29 is 0 Å². The van der Waals surface area contributed by atoms with Crippen LogP contribution in [0.2, 0.25) is 0 Å². The van der Waals surface area contributed by atoms with Gasteiger partial charge in [0.05, 0.1) is 4.75 Å². The molecule has 0 aromatic heterocycles. The van der Waals surface area contributed by atoms with Crippen LogP contribution in [-0.2, 0) is 12.6 Å². The van der Waals surface area contributed by atoms with Gasteiger partial charge in [0.1, 0.15) is 5.75 Å². The highest BCUT2D eigenvalue weighted by atomic mass is 32.1. The maximum Gasteiger partial charge on any atom is 0.118 e. The first-order chi connectivity index (χ1) is 4.60. The van der Waals surface area contributed by atoms with Crippen molar-refractivity contribution in [3.05, 3.63) is 0 Å². The Hall–Kier alpha value is 0.700. The van der Waals surface area contributed by atoms with Crippen molar-refractivity contribution in [2.24, 2.45) is 11.8 Å². The zero-order valence-electron chi connectivity index (χ0n) is 6.72. The molecule has 0 heterocycles. The zero-order chi connectivity index (χ0) is 7.78. The molecule has 0 aromatic rings. The van der Waals surface area contributed by atoms with Gasteiger partial charge in [0.2, 0.25) is 0 Å². The van der Waals surface area contributed by atoms with E-state index in [-0.39, 0.29) is 4.75 Å². The zero-order valence-corrected chi connectivity index (χ0v) is 8.62. The molecule has 1 aliphatic rings. The second kappa shape index (κ2) is 2.98. The number of hydrogen-bond donors (Lipinski definition) is 1. The summed E-state index contributed by atoms with van der Waals surface area (Å²) in [6.45, 7) is 4.63. The van der Waals surface area contributed by atoms with E-state index in [1.165, 1.54) is 12.8 Å². The normalized spacial score (nSPS) is 48.0. The third-order valence-corrected chi connectivity index (χ3v) is 4.76. The van der Waals surface area contributed by atoms with Crippen LogP contribution in [0.5, 0.6) is 0 Å². The lowest BCUT2D eigenvalue weighted by Crippen LogP contribution is -2.29. The molecule has 1 fully saturated rings. The minimum Gasteiger partial charge on any atom is -0.167 e. The molecule has 0 amide bonds. The first kappa shape index (κ1) is 8.79. The standard InChI is InChI=1S/C8H16S2/c1-6-3-4-8(10,5-9)7(6)2/h6-7,9-10H,3-5H2,1-2H3/p+1/t6?,7-,8?/m1/s1. The maximum atomic E-state index is 4.69. The Morgan fingerprint density at radius 3 is 2.40 bits per heavy atom. The lowest BCUT2D eigenvalue weighted by Gasteiger charge is -2.24. The average molecular weight is 177 g/mol. The van der Waals surface area contributed by atoms with Gasteiger partial charge in [-0.2, -0.15) is 12.6 Å². The molecule has 60 valence electrons. The maximum absolute atomic E-state index is 4.69. The van der Waals surface area contributed by atoms with Crippen LogP contribution in [0.25, 0.3) is 0 Å². The molecular weight excluding hydrogens is 160 g/mol. The summed E-state index contributed by atoms with van der Waals surface area (Å²) in [7, 11) is 0. The summed E-state index contributed by atoms with van der Waals surface area (Å²) in [5.74, 6) is 2.64. The second-order valence-electron chi connectivity index (χ2n) is 3.58. The quantitative estimate of drug-likeness (QED) is 0.458. The summed E-state index contributed by atoms with van der Waals surface area (Å²) >= 11 is 8.26. The Labute approximate surface area is 74.6 Å². The van der Waals surface area contributed by atoms with Crippen LogP contribution >= 0.6 is 12.6 Å². The van der Waals surface area contributed by atoms with E-state index in [1.54, 1.807) is 0 Å². The van der Waals surface area contributed by atoms with Crippen LogP contribution in [0.3, 0.4) is 0 Å². The molecule has 0 aliphatic heterocycles. The summed E-state index contributed by atoms with van der Waals surface area (Å²) in [6, 6.07) is 0. The molecule has 1 rings (SSSR count). The summed E-state index contributed by atoms with van der Waals surface area (Å²) < 4.78 is 0.274. The Morgan fingerprint density at radius 2 is 2.20 bits per heavy atom. The van der Waals surface area contributed by atoms with Crippen molar-refractivity contribution in [1.82, 2.24) is 0 Å². The highest BCUT2D eigenvalue weighted by Crippen LogP contribution is 2.43. The highest BCUT2D eigenvalue weighted by molar-refractivity contribution is 7.82. The number of hydrogen-bond acceptors (Lipinski definition) is 1. The van der Waals surface area contributed by atoms with Crippen molar-refractivity contribution in [1.29, 1.82) is 0 Å². The Morgan fingerprint density at radius 1 is 1.60 bits per heavy atom. The summed E-state index contributed by atoms with van der Waals surface area (Å²) in [4.78, 5) is 0. The molecule has 0 N–H and O–H groups in total. The lowest BCUT2D eigenvalue weighted by atomic mass is 9.93. The number of rotatable bonds is 1. The van der Waals surface area contributed by atoms with Crippen LogP contribution in [0.4, 0.5) is 0 Å². The minimum atomic E-state index is 0.274. The number of thiol groups is 1. The van der Waals surface area contributed by atoms with Gasteiger partial charge in [-0.05, 0) is 37.3 Å². The van der Waals surface area contributed by atoms with E-state index in [0.717, 1.165) is 17.6 Å². The molecule has 1 aliphatic carbocycles. The summed E-state index contributed by atoms with van der Waals surface area (Å²) in [5.41, 5.74) is 0. The Kier molecular flexibility index (Phi) is 2.62. The van der Waals surface area contributed by atoms with E-state index in [9.17, 15) is 0 Å². The first-order valence-electron chi connectivity index (χ1n) is 3.97. The van der Waals surface area contributed by atoms with Gasteiger partial charge in [-0.3, -0.25) is 0 Å². The molecule has 0 nitrogen and oxygen atoms in total. The monoisotopic (exact) mass is 177 g/mol. The van der Waals surface area contributed by atoms with Crippen LogP contribution < -0.4 is 0 Å². The molecule has 0 aromatic carbocycles. The fraction of sp³-hybridized carbons (Fsp3) is 1.00. The van der Waals surface area contributed by atoms with Gasteiger partial charge < -0.3 is 0 Å². The molecule has 2 unspecified atom stereocenters. The SMILES string of the molecule is CC1CCC(S)(C[SH2+])[C@@H]1C. The fourth-order valence-corrected chi connectivity index (χ4v) is 2.62. The predicted octanol–water partition coefficient (Wildman–Crippen LogP) is 1.73. The largest absolute Gasteiger partial charge is 0.167 e. The molecule has 3 atom stereocenters. The van der Waals surface area contributed by atoms with Gasteiger partial charge >= 0.3 is 0 Å². The topological polar surface area (TPSA) is 0 Å². The first-order valence-corrected chi connectivity index (χ1v) is 5.12. The highest BCUT2D eigenvalue weighted by Gasteiger charge is 2.42. The summed E-state index contributed by atoms with van der Waals surface area (Å²) in [5, 5.41) is 0. The van der Waals surface area contributed by atoms with Crippen LogP contribution in [0.1, 0.15) is 26.7 Å². The molecule has 2 heteroatoms. The molecule has 0 saturated heterocycles. The fourth-order valence-electron chi connectivity index (χ4n) is 1.73. The predicted molar refractivity (Wildman–Crippen MR) is 54.3 cm³/mol. The van der Waals surface area contributed by atoms with Gasteiger partial charge in [-0.15, -0.1) is 0 Å². The van der Waals surface area contributed by atoms with E-state index in [1.807, 2.05) is 0 Å². The lowest BCUT2D eigenvalue weighted by molar-refractivity contribution is 0.414. The average Bonchev–Trinajstić information content (AvgIpc) is 2.19. The van der Waals surface area contributed by atoms with Crippen LogP contribution in [0, 0.1) is 11.8 Å². The van der Waals surface area contributed by atoms with E-state index >= 15 is 0 Å². The van der Waals surface area contributed by atoms with Gasteiger partial charge in [-0.25, -0.2) is 0 Å². The van der Waals surface area contributed by atoms with Crippen LogP contribution in [0.15, 0.2) is 0 Å². The van der Waals surface area contributed by atoms with Gasteiger partial charge in [-0.1, -0.05) is 13.8 Å². The van der Waals surface area contributed by atoms with E-state index in [0.29, 0.717) is 0 Å². The minimum absolute atomic E-state index is 0.274. The molecule has 10 heavy (non-hydrogen) atoms. The third-order valence-electron chi connectivity index (χ3n) is 3.04. The molecular formula is C8H17S2+. The Balaban J connectivity index is 2.64. The van der Waals surface area contributed by atoms with Crippen molar-refractivity contribution in [3.63, 3.8) is 0 Å². The molecule has 1 saturated carbocycles. The molecule has 0 bridgehead atoms. The van der Waals surface area contributed by atoms with Crippen molar-refractivity contribution in [2.75, 3.05) is 5.75 Å². The second-order valence-corrected chi connectivity index (χ2v) is 4.83. The van der Waals surface area contributed by atoms with Crippen molar-refractivity contribution >= 4 is 25.3 Å². The summed E-state index contributed by atoms with van der Waals surface area (Å²) in [6.07, 6.45) is 2.61. The van der Waals surface area contributed by atoms with Gasteiger partial charge in [0, 0.05) is 0 Å². The smallest absolute Gasteiger partial charge is 0.118 e. The van der Waals surface area contributed by atoms with Crippen LogP contribution in [-0.4, -0.2) is 10.5 Å². The Bertz CT molecular complexity index is 124. The van der Waals surface area contributed by atoms with Gasteiger partial charge in [0.15, 0.2) is 0 Å². The third kappa shape index (κ3) is 1.33. The van der Waals surface area contributed by atoms with E-state index in [2.05, 4.69) is 39.1 Å². The van der Waals surface area contributed by atoms with Crippen molar-refractivity contribution in [2.45, 2.75) is 31.4 Å². The van der Waals surface area contributed by atoms with E-state index in [4.69, 9.17) is 0 Å². The van der Waals surface area contributed by atoms with E-state index < -0.39 is 0 Å². The van der Waals surface area contributed by atoms with Gasteiger partial charge in [0.25, 0.3) is 0 Å².